The van der Waals surface area contributed by atoms with Gasteiger partial charge in [-0.2, -0.15) is 0 Å². The van der Waals surface area contributed by atoms with Gasteiger partial charge < -0.3 is 15.1 Å². The maximum absolute atomic E-state index is 13.2. The molecule has 0 saturated carbocycles. The molecular weight excluding hydrogens is 321 g/mol. The molecule has 1 atom stereocenters. The van der Waals surface area contributed by atoms with E-state index in [-0.39, 0.29) is 30.1 Å². The highest BCUT2D eigenvalue weighted by Gasteiger charge is 2.27. The summed E-state index contributed by atoms with van der Waals surface area (Å²) in [6, 6.07) is 5.70. The number of benzene rings is 1. The zero-order valence-electron chi connectivity index (χ0n) is 13.4. The molecular formula is C16H23ClFN3O2. The summed E-state index contributed by atoms with van der Waals surface area (Å²) in [5.41, 5.74) is 0.350. The molecule has 0 aliphatic carbocycles. The highest BCUT2D eigenvalue weighted by atomic mass is 35.5. The van der Waals surface area contributed by atoms with Crippen molar-refractivity contribution in [3.63, 3.8) is 0 Å². The second-order valence-corrected chi connectivity index (χ2v) is 5.59. The first-order valence-electron chi connectivity index (χ1n) is 7.51. The van der Waals surface area contributed by atoms with E-state index in [2.05, 4.69) is 5.32 Å². The number of hydrogen-bond donors (Lipinski definition) is 1. The Bertz CT molecular complexity index is 548. The Morgan fingerprint density at radius 3 is 2.39 bits per heavy atom. The first kappa shape index (κ1) is 19.4. The van der Waals surface area contributed by atoms with E-state index in [0.29, 0.717) is 38.3 Å². The van der Waals surface area contributed by atoms with Crippen molar-refractivity contribution in [2.45, 2.75) is 6.92 Å². The fraction of sp³-hybridized carbons (Fsp3) is 0.500. The number of carbonyl (C=O) groups is 2. The van der Waals surface area contributed by atoms with E-state index in [9.17, 15) is 14.0 Å². The van der Waals surface area contributed by atoms with E-state index in [4.69, 9.17) is 0 Å². The SMILES string of the molecule is CNCC(C)C(=O)N1CCN(C(=O)c2cccc(F)c2)CC1.Cl. The second kappa shape index (κ2) is 8.84. The molecule has 2 amide bonds. The third-order valence-corrected chi connectivity index (χ3v) is 3.88. The van der Waals surface area contributed by atoms with E-state index >= 15 is 0 Å². The largest absolute Gasteiger partial charge is 0.339 e. The fourth-order valence-electron chi connectivity index (χ4n) is 2.64. The molecule has 1 aromatic rings. The predicted octanol–water partition coefficient (Wildman–Crippen LogP) is 1.39. The van der Waals surface area contributed by atoms with Crippen molar-refractivity contribution in [3.8, 4) is 0 Å². The van der Waals surface area contributed by atoms with Crippen LogP contribution in [-0.4, -0.2) is 61.4 Å². The lowest BCUT2D eigenvalue weighted by Crippen LogP contribution is -2.52. The second-order valence-electron chi connectivity index (χ2n) is 5.59. The highest BCUT2D eigenvalue weighted by molar-refractivity contribution is 5.94. The Balaban J connectivity index is 0.00000264. The van der Waals surface area contributed by atoms with Crippen LogP contribution in [0.2, 0.25) is 0 Å². The van der Waals surface area contributed by atoms with Gasteiger partial charge in [0, 0.05) is 44.2 Å². The molecule has 1 aliphatic rings. The molecule has 1 N–H and O–H groups in total. The quantitative estimate of drug-likeness (QED) is 0.898. The Hall–Kier alpha value is -1.66. The monoisotopic (exact) mass is 343 g/mol. The van der Waals surface area contributed by atoms with Crippen LogP contribution < -0.4 is 5.32 Å². The zero-order valence-corrected chi connectivity index (χ0v) is 14.2. The minimum atomic E-state index is -0.416. The van der Waals surface area contributed by atoms with Crippen molar-refractivity contribution in [2.24, 2.45) is 5.92 Å². The van der Waals surface area contributed by atoms with Gasteiger partial charge in [-0.1, -0.05) is 13.0 Å². The van der Waals surface area contributed by atoms with Crippen LogP contribution in [0.3, 0.4) is 0 Å². The third-order valence-electron chi connectivity index (χ3n) is 3.88. The smallest absolute Gasteiger partial charge is 0.254 e. The van der Waals surface area contributed by atoms with E-state index in [1.165, 1.54) is 18.2 Å². The molecule has 0 spiro atoms. The highest BCUT2D eigenvalue weighted by Crippen LogP contribution is 2.12. The lowest BCUT2D eigenvalue weighted by atomic mass is 10.1. The van der Waals surface area contributed by atoms with E-state index in [1.54, 1.807) is 15.9 Å². The van der Waals surface area contributed by atoms with Gasteiger partial charge in [-0.25, -0.2) is 4.39 Å². The summed E-state index contributed by atoms with van der Waals surface area (Å²) in [6.07, 6.45) is 0. The van der Waals surface area contributed by atoms with E-state index in [0.717, 1.165) is 0 Å². The number of nitrogens with one attached hydrogen (secondary N) is 1. The first-order valence-corrected chi connectivity index (χ1v) is 7.51. The van der Waals surface area contributed by atoms with Gasteiger partial charge in [0.1, 0.15) is 5.82 Å². The molecule has 0 aromatic heterocycles. The molecule has 0 radical (unpaired) electrons. The summed E-state index contributed by atoms with van der Waals surface area (Å²) < 4.78 is 13.2. The van der Waals surface area contributed by atoms with Crippen molar-refractivity contribution >= 4 is 24.2 Å². The van der Waals surface area contributed by atoms with Gasteiger partial charge in [-0.15, -0.1) is 12.4 Å². The van der Waals surface area contributed by atoms with Gasteiger partial charge >= 0.3 is 0 Å². The molecule has 1 heterocycles. The zero-order chi connectivity index (χ0) is 16.1. The fourth-order valence-corrected chi connectivity index (χ4v) is 2.64. The third kappa shape index (κ3) is 4.91. The number of carbonyl (C=O) groups excluding carboxylic acids is 2. The summed E-state index contributed by atoms with van der Waals surface area (Å²) in [6.45, 7) is 4.53. The Kier molecular flexibility index (Phi) is 7.45. The van der Waals surface area contributed by atoms with Crippen molar-refractivity contribution in [2.75, 3.05) is 39.8 Å². The molecule has 1 aliphatic heterocycles. The van der Waals surface area contributed by atoms with Crippen LogP contribution in [0.5, 0.6) is 0 Å². The molecule has 23 heavy (non-hydrogen) atoms. The molecule has 0 bridgehead atoms. The molecule has 1 saturated heterocycles. The average molecular weight is 344 g/mol. The molecule has 1 aromatic carbocycles. The number of amides is 2. The lowest BCUT2D eigenvalue weighted by Gasteiger charge is -2.36. The topological polar surface area (TPSA) is 52.7 Å². The maximum Gasteiger partial charge on any atom is 0.254 e. The van der Waals surface area contributed by atoms with Gasteiger partial charge in [0.2, 0.25) is 5.91 Å². The van der Waals surface area contributed by atoms with Gasteiger partial charge in [0.15, 0.2) is 0 Å². The average Bonchev–Trinajstić information content (AvgIpc) is 2.54. The summed E-state index contributed by atoms with van der Waals surface area (Å²) >= 11 is 0. The van der Waals surface area contributed by atoms with Crippen LogP contribution in [-0.2, 0) is 4.79 Å². The van der Waals surface area contributed by atoms with Crippen LogP contribution in [0.4, 0.5) is 4.39 Å². The minimum Gasteiger partial charge on any atom is -0.339 e. The molecule has 5 nitrogen and oxygen atoms in total. The summed E-state index contributed by atoms with van der Waals surface area (Å²) in [7, 11) is 1.82. The van der Waals surface area contributed by atoms with Crippen molar-refractivity contribution in [1.82, 2.24) is 15.1 Å². The summed E-state index contributed by atoms with van der Waals surface area (Å²) in [5, 5.41) is 2.99. The van der Waals surface area contributed by atoms with Crippen molar-refractivity contribution < 1.29 is 14.0 Å². The molecule has 128 valence electrons. The number of nitrogens with zero attached hydrogens (tertiary/aromatic N) is 2. The Labute approximate surface area is 142 Å². The summed E-state index contributed by atoms with van der Waals surface area (Å²) in [4.78, 5) is 28.0. The van der Waals surface area contributed by atoms with Crippen LogP contribution in [0.25, 0.3) is 0 Å². The van der Waals surface area contributed by atoms with E-state index in [1.807, 2.05) is 14.0 Å². The van der Waals surface area contributed by atoms with Crippen LogP contribution in [0, 0.1) is 11.7 Å². The normalized spacial score (nSPS) is 15.8. The number of piperazine rings is 1. The standard InChI is InChI=1S/C16H22FN3O2.ClH/c1-12(11-18-2)15(21)19-6-8-20(9-7-19)16(22)13-4-3-5-14(17)10-13;/h3-5,10,12,18H,6-9,11H2,1-2H3;1H. The van der Waals surface area contributed by atoms with E-state index < -0.39 is 5.82 Å². The number of halogens is 2. The molecule has 2 rings (SSSR count). The van der Waals surface area contributed by atoms with Crippen molar-refractivity contribution in [1.29, 1.82) is 0 Å². The number of hydrogen-bond acceptors (Lipinski definition) is 3. The Morgan fingerprint density at radius 1 is 1.22 bits per heavy atom. The molecule has 1 fully saturated rings. The van der Waals surface area contributed by atoms with Crippen LogP contribution in [0.1, 0.15) is 17.3 Å². The van der Waals surface area contributed by atoms with Gasteiger partial charge in [0.05, 0.1) is 0 Å². The van der Waals surface area contributed by atoms with Crippen LogP contribution >= 0.6 is 12.4 Å². The van der Waals surface area contributed by atoms with Gasteiger partial charge in [0.25, 0.3) is 5.91 Å². The minimum absolute atomic E-state index is 0. The Morgan fingerprint density at radius 2 is 1.83 bits per heavy atom. The van der Waals surface area contributed by atoms with Gasteiger partial charge in [-0.3, -0.25) is 9.59 Å². The first-order chi connectivity index (χ1) is 10.5. The molecule has 1 unspecified atom stereocenters. The predicted molar refractivity (Wildman–Crippen MR) is 89.2 cm³/mol. The van der Waals surface area contributed by atoms with Gasteiger partial charge in [-0.05, 0) is 25.2 Å². The number of rotatable bonds is 4. The van der Waals surface area contributed by atoms with Crippen molar-refractivity contribution in [3.05, 3.63) is 35.6 Å². The molecule has 7 heteroatoms. The van der Waals surface area contributed by atoms with Crippen LogP contribution in [0.15, 0.2) is 24.3 Å². The summed E-state index contributed by atoms with van der Waals surface area (Å²) in [5.74, 6) is -0.571. The lowest BCUT2D eigenvalue weighted by molar-refractivity contribution is -0.136. The maximum atomic E-state index is 13.2.